The van der Waals surface area contributed by atoms with Crippen molar-refractivity contribution in [2.75, 3.05) is 123 Å². The number of anilines is 13. The number of benzene rings is 2. The summed E-state index contributed by atoms with van der Waals surface area (Å²) in [6.45, 7) is 14.3. The van der Waals surface area contributed by atoms with Gasteiger partial charge in [-0.05, 0) is 219 Å². The summed E-state index contributed by atoms with van der Waals surface area (Å²) >= 11 is 12.0. The number of fused-ring (bicyclic) bond motifs is 7. The average molecular weight is 2180 g/mol. The number of nitrogens with zero attached hydrogens (tertiary/aromatic N) is 9. The quantitative estimate of drug-likeness (QED) is 0.0221. The number of nitrogens with two attached hydrogens (primary N) is 2. The highest BCUT2D eigenvalue weighted by Gasteiger charge is 2.28. The van der Waals surface area contributed by atoms with E-state index in [2.05, 4.69) is 177 Å². The molecule has 0 atom stereocenters. The van der Waals surface area contributed by atoms with Crippen LogP contribution >= 0.6 is 95.2 Å². The number of hydrogen-bond donors (Lipinski definition) is 15. The Labute approximate surface area is 821 Å². The molecule has 11 aromatic rings. The number of nitrogen functional groups attached to an aromatic ring is 2. The number of furan rings is 2. The summed E-state index contributed by atoms with van der Waals surface area (Å²) in [6, 6.07) is 28.8. The fourth-order valence-corrected chi connectivity index (χ4v) is 14.3. The van der Waals surface area contributed by atoms with E-state index in [1.807, 2.05) is 101 Å². The SMILES string of the molecule is CC(C)(C)OC(=O)/C=C/c1cnc2c(c1)NCCC(=O)N2.CNCc1oc2ccccc2c1C.Cc1c(CN(C)C(=O)/C=C/c2cnc3c(c2)NCCC(=O)N3)oc2ccccc12.Cl.Cl.Nc1ncc(Br)cc1I.Nc1ncc(Br)cc1N1CCC1=O.O=C(O)/C=C/c1cnc2c(c1)NCCC(=O)N2.O=C(O)/C=C/c1cnc2c(c1)NCCC(=O)N2.O=C1CCNc2cc(Br)cnc2N1. The fourth-order valence-electron chi connectivity index (χ4n) is 12.4. The Morgan fingerprint density at radius 2 is 0.851 bits per heavy atom. The lowest BCUT2D eigenvalue weighted by molar-refractivity contribution is -0.148. The molecule has 9 aromatic heterocycles. The topological polar surface area (TPSA) is 528 Å². The van der Waals surface area contributed by atoms with Crippen LogP contribution in [0.4, 0.5) is 74.8 Å². The lowest BCUT2D eigenvalue weighted by atomic mass is 10.1. The van der Waals surface area contributed by atoms with E-state index < -0.39 is 23.5 Å². The highest BCUT2D eigenvalue weighted by Crippen LogP contribution is 2.33. The number of esters is 1. The molecule has 6 aliphatic heterocycles. The molecule has 7 amide bonds. The number of ether oxygens (including phenoxy) is 1. The minimum Gasteiger partial charge on any atom is -0.478 e. The lowest BCUT2D eigenvalue weighted by Gasteiger charge is -2.31. The van der Waals surface area contributed by atoms with Gasteiger partial charge in [0, 0.05) is 182 Å². The van der Waals surface area contributed by atoms with Gasteiger partial charge >= 0.3 is 17.9 Å². The van der Waals surface area contributed by atoms with Gasteiger partial charge in [-0.1, -0.05) is 36.4 Å². The van der Waals surface area contributed by atoms with Gasteiger partial charge in [0.25, 0.3) is 0 Å². The molecule has 43 heteroatoms. The van der Waals surface area contributed by atoms with Crippen molar-refractivity contribution in [2.24, 2.45) is 0 Å². The monoisotopic (exact) mass is 2170 g/mol. The number of aliphatic carboxylic acids is 2. The third kappa shape index (κ3) is 33.1. The molecular formula is C91H98Br3Cl2IN22O15. The van der Waals surface area contributed by atoms with Crippen LogP contribution in [0.25, 0.3) is 46.2 Å². The Kier molecular flexibility index (Phi) is 40.7. The van der Waals surface area contributed by atoms with Gasteiger partial charge in [0.1, 0.15) is 39.9 Å². The number of carboxylic acid groups (broad SMARTS) is 2. The van der Waals surface area contributed by atoms with Crippen molar-refractivity contribution >= 4 is 276 Å². The maximum Gasteiger partial charge on any atom is 0.331 e. The molecule has 6 aliphatic rings. The van der Waals surface area contributed by atoms with Gasteiger partial charge in [0.05, 0.1) is 50.8 Å². The molecule has 37 nitrogen and oxygen atoms in total. The number of aromatic nitrogens is 7. The van der Waals surface area contributed by atoms with Crippen LogP contribution < -0.4 is 74.9 Å². The predicted octanol–water partition coefficient (Wildman–Crippen LogP) is 15.7. The molecule has 0 aliphatic carbocycles. The molecule has 0 unspecified atom stereocenters. The van der Waals surface area contributed by atoms with E-state index in [-0.39, 0.29) is 66.2 Å². The van der Waals surface area contributed by atoms with Crippen molar-refractivity contribution in [3.8, 4) is 0 Å². The van der Waals surface area contributed by atoms with Crippen LogP contribution in [0.2, 0.25) is 0 Å². The first-order valence-corrected chi connectivity index (χ1v) is 44.4. The number of carbonyl (C=O) groups is 10. The van der Waals surface area contributed by atoms with E-state index >= 15 is 0 Å². The van der Waals surface area contributed by atoms with Gasteiger partial charge in [-0.3, -0.25) is 33.6 Å². The van der Waals surface area contributed by atoms with Crippen LogP contribution in [0.3, 0.4) is 0 Å². The largest absolute Gasteiger partial charge is 0.478 e. The molecule has 0 radical (unpaired) electrons. The number of β-lactam (4-membered cyclic amide) rings is 1. The van der Waals surface area contributed by atoms with Crippen LogP contribution in [0, 0.1) is 17.4 Å². The van der Waals surface area contributed by atoms with Gasteiger partial charge in [0.2, 0.25) is 41.4 Å². The van der Waals surface area contributed by atoms with Crippen molar-refractivity contribution < 1.29 is 71.7 Å². The van der Waals surface area contributed by atoms with Crippen molar-refractivity contribution in [3.63, 3.8) is 0 Å². The molecule has 1 fully saturated rings. The number of aryl methyl sites for hydroxylation is 2. The molecule has 0 saturated carbocycles. The number of carbonyl (C=O) groups excluding carboxylic acids is 8. The van der Waals surface area contributed by atoms with E-state index in [4.69, 9.17) is 35.3 Å². The first-order chi connectivity index (χ1) is 63.1. The smallest absolute Gasteiger partial charge is 0.331 e. The summed E-state index contributed by atoms with van der Waals surface area (Å²) in [5, 5.41) is 51.4. The number of para-hydroxylation sites is 2. The van der Waals surface area contributed by atoms with E-state index in [9.17, 15) is 47.9 Å². The minimum atomic E-state index is -1.01. The summed E-state index contributed by atoms with van der Waals surface area (Å²) in [7, 11) is 3.66. The van der Waals surface area contributed by atoms with Gasteiger partial charge in [-0.25, -0.2) is 49.3 Å². The average Bonchev–Trinajstić information content (AvgIpc) is 1.76. The van der Waals surface area contributed by atoms with Crippen LogP contribution in [-0.2, 0) is 65.8 Å². The van der Waals surface area contributed by atoms with E-state index in [1.165, 1.54) is 47.6 Å². The molecule has 2 aromatic carbocycles. The van der Waals surface area contributed by atoms with E-state index in [0.29, 0.717) is 147 Å². The number of pyridine rings is 7. The van der Waals surface area contributed by atoms with Gasteiger partial charge in [-0.15, -0.1) is 24.8 Å². The summed E-state index contributed by atoms with van der Waals surface area (Å²) in [4.78, 5) is 144. The van der Waals surface area contributed by atoms with Gasteiger partial charge in [-0.2, -0.15) is 0 Å². The second kappa shape index (κ2) is 51.5. The summed E-state index contributed by atoms with van der Waals surface area (Å²) in [5.74, 6) is 2.59. The number of likely N-dealkylation sites (N-methyl/N-ethyl adjacent to an activating group) is 1. The van der Waals surface area contributed by atoms with Crippen molar-refractivity contribution in [2.45, 2.75) is 91.8 Å². The number of rotatable bonds is 13. The third-order valence-electron chi connectivity index (χ3n) is 19.0. The van der Waals surface area contributed by atoms with E-state index in [0.717, 1.165) is 104 Å². The maximum atomic E-state index is 12.5. The second-order valence-corrected chi connectivity index (χ2v) is 34.2. The van der Waals surface area contributed by atoms with Crippen molar-refractivity contribution in [1.82, 2.24) is 45.1 Å². The van der Waals surface area contributed by atoms with E-state index in [1.54, 1.807) is 78.2 Å². The lowest BCUT2D eigenvalue weighted by Crippen LogP contribution is -2.43. The number of carboxylic acids is 2. The minimum absolute atomic E-state index is 0. The van der Waals surface area contributed by atoms with Crippen molar-refractivity contribution in [1.29, 1.82) is 0 Å². The predicted molar refractivity (Wildman–Crippen MR) is 543 cm³/mol. The molecule has 1 saturated heterocycles. The highest BCUT2D eigenvalue weighted by molar-refractivity contribution is 14.1. The zero-order valence-electron chi connectivity index (χ0n) is 73.4. The molecular weight excluding hydrogens is 2080 g/mol. The van der Waals surface area contributed by atoms with Crippen LogP contribution in [0.15, 0.2) is 181 Å². The second-order valence-electron chi connectivity index (χ2n) is 30.3. The van der Waals surface area contributed by atoms with Crippen molar-refractivity contribution in [3.05, 3.63) is 221 Å². The maximum absolute atomic E-state index is 12.5. The molecule has 134 heavy (non-hydrogen) atoms. The summed E-state index contributed by atoms with van der Waals surface area (Å²) < 4.78 is 20.4. The van der Waals surface area contributed by atoms with Crippen LogP contribution in [0.1, 0.15) is 104 Å². The number of hydrogen-bond acceptors (Lipinski definition) is 28. The summed E-state index contributed by atoms with van der Waals surface area (Å²) in [5.41, 5.74) is 22.0. The molecule has 0 spiro atoms. The van der Waals surface area contributed by atoms with Gasteiger partial charge < -0.3 is 104 Å². The zero-order valence-corrected chi connectivity index (χ0v) is 82.0. The first-order valence-electron chi connectivity index (χ1n) is 41.0. The van der Waals surface area contributed by atoms with Crippen LogP contribution in [-0.4, -0.2) is 168 Å². The number of halogens is 6. The molecule has 17 N–H and O–H groups in total. The Hall–Kier alpha value is -13.5. The Morgan fingerprint density at radius 1 is 0.500 bits per heavy atom. The summed E-state index contributed by atoms with van der Waals surface area (Å²) in [6.07, 6.45) is 25.0. The highest BCUT2D eigenvalue weighted by atomic mass is 127. The zero-order chi connectivity index (χ0) is 95.1. The van der Waals surface area contributed by atoms with Crippen LogP contribution in [0.5, 0.6) is 0 Å². The Balaban J connectivity index is 0.000000192. The first kappa shape index (κ1) is 106. The van der Waals surface area contributed by atoms with Gasteiger partial charge in [0.15, 0.2) is 29.1 Å². The number of amides is 7. The fraction of sp³-hybridized carbons (Fsp3) is 0.242. The molecule has 17 rings (SSSR count). The normalized spacial score (nSPS) is 13.7. The molecule has 0 bridgehead atoms. The number of nitrogens with one attached hydrogen (secondary N) is 11. The third-order valence-corrected chi connectivity index (χ3v) is 21.2. The molecule has 15 heterocycles. The molecule has 704 valence electrons. The Bertz CT molecular complexity index is 6140. The Morgan fingerprint density at radius 3 is 1.22 bits per heavy atom. The standard InChI is InChI=1S/C22H22N4O3.C15H19N3O3.2C11H11N3O3.C11H13NO.2C8H8BrN3O.C5H4BrIN2.2ClH/c1-14-16-5-3-4-6-18(16)29-19(14)13-26(2)21(28)8-7-15-11-17-22(24-12-15)25-20(27)9-10-23-17;1-15(2,3)21-13(20)5-4-10-8-11-14(17-9-10)18-12(19)6-7-16-11;2*15-9-3-4-12-8-5-7(1-2-10(16)17)6-13-11(8)14-9;1-8-9-5-3-4-6-10(9)13-11(8)7-12-2;9-5-3-6(8(10)11-4-5)12-2-1-7(12)13;9-5-3-6-8(11-4-5)12-7(13)1-2-10-6;6-3-1-4(7)5(8)9-2-3;;/h3-8,11-12,23H,9-10,13H2,1-2H3,(H,24,25,27);4-5,8-9,16H,6-7H2,1-3H3,(H,17,18,19);2*1-2,5-6,12H,3-4H2,(H,16,17)(H,13,14,15);3-6,12H,7H2,1-2H3;3-4H,1-2H2,(H2,10,11);3-4,10H,1-2H2,(H,11,12,13);1-2H,(H2,8,9);2*1H/b8-7+;5-4+;2*2-1+;;;;;;.